The maximum Gasteiger partial charge on any atom is 0.321 e. The molecule has 0 saturated carbocycles. The fraction of sp³-hybridized carbons (Fsp3) is 0.280. The van der Waals surface area contributed by atoms with Crippen LogP contribution in [0.25, 0.3) is 16.6 Å². The number of carbonyl (C=O) groups is 1. The van der Waals surface area contributed by atoms with Gasteiger partial charge in [-0.1, -0.05) is 11.6 Å². The molecule has 2 aromatic carbocycles. The van der Waals surface area contributed by atoms with Crippen LogP contribution in [0.5, 0.6) is 5.75 Å². The van der Waals surface area contributed by atoms with Gasteiger partial charge in [-0.15, -0.1) is 5.10 Å². The molecule has 0 spiro atoms. The number of ether oxygens (including phenoxy) is 1. The molecule has 1 aliphatic rings. The first kappa shape index (κ1) is 22.9. The highest BCUT2D eigenvalue weighted by Gasteiger charge is 2.26. The third-order valence-corrected chi connectivity index (χ3v) is 6.52. The van der Waals surface area contributed by atoms with E-state index in [0.29, 0.717) is 31.2 Å². The van der Waals surface area contributed by atoms with Gasteiger partial charge in [-0.05, 0) is 62.4 Å². The number of amides is 2. The molecule has 180 valence electrons. The maximum absolute atomic E-state index is 12.8. The number of hydrogen-bond donors (Lipinski definition) is 1. The van der Waals surface area contributed by atoms with E-state index in [4.69, 9.17) is 21.4 Å². The highest BCUT2D eigenvalue weighted by molar-refractivity contribution is 6.30. The van der Waals surface area contributed by atoms with E-state index < -0.39 is 0 Å². The summed E-state index contributed by atoms with van der Waals surface area (Å²) in [5.41, 5.74) is 4.29. The second kappa shape index (κ2) is 9.42. The van der Waals surface area contributed by atoms with Crippen LogP contribution < -0.4 is 15.0 Å². The summed E-state index contributed by atoms with van der Waals surface area (Å²) in [5, 5.41) is 18.4. The van der Waals surface area contributed by atoms with Crippen molar-refractivity contribution in [2.24, 2.45) is 0 Å². The van der Waals surface area contributed by atoms with Gasteiger partial charge < -0.3 is 19.9 Å². The van der Waals surface area contributed by atoms with Crippen molar-refractivity contribution in [3.05, 3.63) is 64.9 Å². The monoisotopic (exact) mass is 491 g/mol. The largest absolute Gasteiger partial charge is 0.497 e. The Morgan fingerprint density at radius 1 is 0.971 bits per heavy atom. The number of benzene rings is 2. The Bertz CT molecular complexity index is 1360. The van der Waals surface area contributed by atoms with Crippen LogP contribution in [0.1, 0.15) is 11.4 Å². The van der Waals surface area contributed by atoms with Gasteiger partial charge in [0.05, 0.1) is 29.6 Å². The van der Waals surface area contributed by atoms with E-state index in [-0.39, 0.29) is 6.03 Å². The summed E-state index contributed by atoms with van der Waals surface area (Å²) in [6, 6.07) is 14.7. The minimum Gasteiger partial charge on any atom is -0.497 e. The van der Waals surface area contributed by atoms with Gasteiger partial charge >= 0.3 is 6.03 Å². The SMILES string of the molecule is COc1ccc(NC(=O)N2CCN(c3nnc(C)c4c(C)n(-c5ccc(Cl)cc5)nc34)CC2)cc1. The van der Waals surface area contributed by atoms with Crippen LogP contribution in [0.15, 0.2) is 48.5 Å². The van der Waals surface area contributed by atoms with Gasteiger partial charge in [0.15, 0.2) is 5.82 Å². The van der Waals surface area contributed by atoms with Crippen molar-refractivity contribution >= 4 is 40.0 Å². The zero-order valence-electron chi connectivity index (χ0n) is 19.8. The Balaban J connectivity index is 1.34. The maximum atomic E-state index is 12.8. The first-order chi connectivity index (χ1) is 16.9. The smallest absolute Gasteiger partial charge is 0.321 e. The number of aryl methyl sites for hydroxylation is 2. The van der Waals surface area contributed by atoms with E-state index in [1.54, 1.807) is 12.0 Å². The Morgan fingerprint density at radius 3 is 2.31 bits per heavy atom. The molecule has 0 unspecified atom stereocenters. The fourth-order valence-corrected chi connectivity index (χ4v) is 4.48. The van der Waals surface area contributed by atoms with Crippen molar-refractivity contribution in [3.8, 4) is 11.4 Å². The molecular weight excluding hydrogens is 466 g/mol. The molecule has 0 bridgehead atoms. The molecule has 0 radical (unpaired) electrons. The van der Waals surface area contributed by atoms with Crippen molar-refractivity contribution in [2.45, 2.75) is 13.8 Å². The van der Waals surface area contributed by atoms with Gasteiger partial charge in [-0.2, -0.15) is 10.2 Å². The predicted octanol–water partition coefficient (Wildman–Crippen LogP) is 4.45. The Morgan fingerprint density at radius 2 is 1.66 bits per heavy atom. The molecule has 0 aliphatic carbocycles. The number of nitrogens with one attached hydrogen (secondary N) is 1. The van der Waals surface area contributed by atoms with Gasteiger partial charge in [0.1, 0.15) is 11.3 Å². The minimum atomic E-state index is -0.127. The lowest BCUT2D eigenvalue weighted by molar-refractivity contribution is 0.208. The van der Waals surface area contributed by atoms with Gasteiger partial charge in [-0.25, -0.2) is 9.48 Å². The van der Waals surface area contributed by atoms with Gasteiger partial charge in [0.25, 0.3) is 0 Å². The third-order valence-electron chi connectivity index (χ3n) is 6.26. The van der Waals surface area contributed by atoms with E-state index in [0.717, 1.165) is 45.2 Å². The van der Waals surface area contributed by atoms with E-state index in [1.165, 1.54) is 0 Å². The lowest BCUT2D eigenvalue weighted by Gasteiger charge is -2.35. The van der Waals surface area contributed by atoms with E-state index in [9.17, 15) is 4.79 Å². The number of aromatic nitrogens is 4. The summed E-state index contributed by atoms with van der Waals surface area (Å²) < 4.78 is 7.07. The van der Waals surface area contributed by atoms with Crippen LogP contribution >= 0.6 is 11.6 Å². The summed E-state index contributed by atoms with van der Waals surface area (Å²) in [4.78, 5) is 16.7. The molecule has 2 aromatic heterocycles. The molecule has 1 aliphatic heterocycles. The molecule has 3 heterocycles. The van der Waals surface area contributed by atoms with Gasteiger partial charge in [0.2, 0.25) is 0 Å². The number of urea groups is 1. The van der Waals surface area contributed by atoms with E-state index >= 15 is 0 Å². The molecule has 4 aromatic rings. The summed E-state index contributed by atoms with van der Waals surface area (Å²) >= 11 is 6.07. The molecule has 35 heavy (non-hydrogen) atoms. The number of fused-ring (bicyclic) bond motifs is 1. The quantitative estimate of drug-likeness (QED) is 0.454. The highest BCUT2D eigenvalue weighted by Crippen LogP contribution is 2.30. The average molecular weight is 492 g/mol. The molecule has 1 saturated heterocycles. The van der Waals surface area contributed by atoms with Crippen LogP contribution in [-0.4, -0.2) is 64.2 Å². The van der Waals surface area contributed by atoms with Gasteiger partial charge in [-0.3, -0.25) is 0 Å². The second-order valence-electron chi connectivity index (χ2n) is 8.44. The van der Waals surface area contributed by atoms with Crippen LogP contribution in [0.4, 0.5) is 16.3 Å². The van der Waals surface area contributed by atoms with E-state index in [2.05, 4.69) is 20.4 Å². The molecule has 1 N–H and O–H groups in total. The number of halogens is 1. The summed E-state index contributed by atoms with van der Waals surface area (Å²) in [5.74, 6) is 1.48. The number of rotatable bonds is 4. The van der Waals surface area contributed by atoms with E-state index in [1.807, 2.05) is 67.1 Å². The highest BCUT2D eigenvalue weighted by atomic mass is 35.5. The lowest BCUT2D eigenvalue weighted by atomic mass is 10.2. The van der Waals surface area contributed by atoms with Crippen LogP contribution in [0, 0.1) is 13.8 Å². The summed E-state index contributed by atoms with van der Waals surface area (Å²) in [6.07, 6.45) is 0. The van der Waals surface area contributed by atoms with Crippen LogP contribution in [0.3, 0.4) is 0 Å². The predicted molar refractivity (Wildman–Crippen MR) is 137 cm³/mol. The third kappa shape index (κ3) is 4.46. The zero-order chi connectivity index (χ0) is 24.5. The molecule has 10 heteroatoms. The topological polar surface area (TPSA) is 88.4 Å². The molecule has 1 fully saturated rings. The normalized spacial score (nSPS) is 13.8. The van der Waals surface area contributed by atoms with Crippen molar-refractivity contribution in [3.63, 3.8) is 0 Å². The van der Waals surface area contributed by atoms with Crippen LogP contribution in [0.2, 0.25) is 5.02 Å². The Kier molecular flexibility index (Phi) is 6.17. The van der Waals surface area contributed by atoms with Crippen molar-refractivity contribution < 1.29 is 9.53 Å². The van der Waals surface area contributed by atoms with Crippen LogP contribution in [-0.2, 0) is 0 Å². The molecule has 0 atom stereocenters. The number of piperazine rings is 1. The standard InChI is InChI=1S/C25H26ClN7O2/c1-16-22-17(2)33(20-8-4-18(26)5-9-20)30-23(22)24(29-28-16)31-12-14-32(15-13-31)25(34)27-19-6-10-21(35-3)11-7-19/h4-11H,12-15H2,1-3H3,(H,27,34). The summed E-state index contributed by atoms with van der Waals surface area (Å²) in [7, 11) is 1.61. The average Bonchev–Trinajstić information content (AvgIpc) is 3.23. The summed E-state index contributed by atoms with van der Waals surface area (Å²) in [6.45, 7) is 6.38. The number of methoxy groups -OCH3 is 1. The van der Waals surface area contributed by atoms with Gasteiger partial charge in [0, 0.05) is 36.9 Å². The minimum absolute atomic E-state index is 0.127. The number of anilines is 2. The number of nitrogens with zero attached hydrogens (tertiary/aromatic N) is 6. The molecule has 9 nitrogen and oxygen atoms in total. The molecule has 5 rings (SSSR count). The molecule has 2 amide bonds. The Hall–Kier alpha value is -3.85. The fourth-order valence-electron chi connectivity index (χ4n) is 4.36. The Labute approximate surface area is 208 Å². The number of carbonyl (C=O) groups excluding carboxylic acids is 1. The number of hydrogen-bond acceptors (Lipinski definition) is 6. The van der Waals surface area contributed by atoms with Crippen molar-refractivity contribution in [2.75, 3.05) is 43.5 Å². The van der Waals surface area contributed by atoms with Crippen molar-refractivity contribution in [1.29, 1.82) is 0 Å². The first-order valence-corrected chi connectivity index (χ1v) is 11.8. The second-order valence-corrected chi connectivity index (χ2v) is 8.88. The van der Waals surface area contributed by atoms with Crippen molar-refractivity contribution in [1.82, 2.24) is 24.9 Å². The molecular formula is C25H26ClN7O2. The first-order valence-electron chi connectivity index (χ1n) is 11.4. The lowest BCUT2D eigenvalue weighted by Crippen LogP contribution is -2.50. The zero-order valence-corrected chi connectivity index (χ0v) is 20.6.